The molecule has 1 aromatic rings. The molecule has 1 N–H and O–H groups in total. The van der Waals surface area contributed by atoms with E-state index in [0.717, 1.165) is 43.6 Å². The van der Waals surface area contributed by atoms with E-state index < -0.39 is 11.9 Å². The molecule has 0 aromatic heterocycles. The van der Waals surface area contributed by atoms with Crippen LogP contribution in [-0.4, -0.2) is 36.7 Å². The average Bonchev–Trinajstić information content (AvgIpc) is 3.33. The van der Waals surface area contributed by atoms with Gasteiger partial charge in [-0.3, -0.25) is 4.79 Å². The number of benzene rings is 1. The quantitative estimate of drug-likeness (QED) is 0.262. The molecule has 1 saturated heterocycles. The number of allylic oxidation sites excluding steroid dienone is 2. The highest BCUT2D eigenvalue weighted by molar-refractivity contribution is 5.68. The minimum Gasteiger partial charge on any atom is -0.489 e. The summed E-state index contributed by atoms with van der Waals surface area (Å²) in [4.78, 5) is 10.7. The van der Waals surface area contributed by atoms with Crippen LogP contribution < -0.4 is 4.74 Å². The first-order valence-corrected chi connectivity index (χ1v) is 12.1. The molecule has 1 heterocycles. The predicted octanol–water partition coefficient (Wildman–Crippen LogP) is 6.67. The van der Waals surface area contributed by atoms with Crippen LogP contribution in [0.5, 0.6) is 5.75 Å². The zero-order valence-corrected chi connectivity index (χ0v) is 21.1. The Hall–Kier alpha value is -2.81. The van der Waals surface area contributed by atoms with Crippen molar-refractivity contribution in [3.8, 4) is 18.1 Å². The molecule has 2 aliphatic rings. The number of aliphatic carboxylic acids is 1. The van der Waals surface area contributed by atoms with Crippen molar-refractivity contribution < 1.29 is 24.1 Å². The molecule has 1 spiro atoms. The number of carbonyl (C=O) groups is 1. The van der Waals surface area contributed by atoms with Crippen LogP contribution in [-0.2, 0) is 14.3 Å². The number of terminal acetylenes is 1. The molecular formula is C29H40O5. The summed E-state index contributed by atoms with van der Waals surface area (Å²) in [6.45, 7) is 13.8. The van der Waals surface area contributed by atoms with Gasteiger partial charge >= 0.3 is 5.97 Å². The van der Waals surface area contributed by atoms with Gasteiger partial charge < -0.3 is 19.3 Å². The second kappa shape index (κ2) is 15.9. The van der Waals surface area contributed by atoms with Crippen molar-refractivity contribution in [3.05, 3.63) is 65.8 Å². The van der Waals surface area contributed by atoms with Gasteiger partial charge in [0, 0.05) is 12.8 Å². The highest BCUT2D eigenvalue weighted by Crippen LogP contribution is 2.35. The standard InChI is InChI=1S/C17H18O3.C10H16O2.C2H6/c1-4-13(5-2)12-20-16-9-7-15(8-10-16)14(6-3)11-17(18)19;1-2-9-3-5-10(6-4-9)11-7-8-12-10;1-2/h3-5,7-10,14H,1,11-12H2,2H3,(H,18,19);3H,2,4-8H2,1H3;1-2H3/b13-5+;;. The van der Waals surface area contributed by atoms with Gasteiger partial charge in [0.25, 0.3) is 0 Å². The van der Waals surface area contributed by atoms with E-state index in [2.05, 4.69) is 25.5 Å². The van der Waals surface area contributed by atoms with Gasteiger partial charge in [-0.2, -0.15) is 0 Å². The van der Waals surface area contributed by atoms with Gasteiger partial charge in [0.15, 0.2) is 5.79 Å². The summed E-state index contributed by atoms with van der Waals surface area (Å²) in [5, 5.41) is 8.79. The van der Waals surface area contributed by atoms with Crippen molar-refractivity contribution in [3.63, 3.8) is 0 Å². The van der Waals surface area contributed by atoms with Crippen LogP contribution in [0.3, 0.4) is 0 Å². The fraction of sp³-hybridized carbons (Fsp3) is 0.483. The third kappa shape index (κ3) is 9.59. The summed E-state index contributed by atoms with van der Waals surface area (Å²) in [6.07, 6.45) is 15.6. The molecule has 5 heteroatoms. The van der Waals surface area contributed by atoms with Gasteiger partial charge in [-0.25, -0.2) is 0 Å². The number of hydrogen-bond donors (Lipinski definition) is 1. The highest BCUT2D eigenvalue weighted by atomic mass is 16.7. The Bertz CT molecular complexity index is 852. The lowest BCUT2D eigenvalue weighted by molar-refractivity contribution is -0.161. The summed E-state index contributed by atoms with van der Waals surface area (Å²) in [5.41, 5.74) is 3.36. The van der Waals surface area contributed by atoms with E-state index in [0.29, 0.717) is 12.4 Å². The van der Waals surface area contributed by atoms with Gasteiger partial charge in [-0.15, -0.1) is 6.42 Å². The largest absolute Gasteiger partial charge is 0.489 e. The Morgan fingerprint density at radius 2 is 1.94 bits per heavy atom. The minimum atomic E-state index is -0.906. The molecule has 1 aromatic carbocycles. The topological polar surface area (TPSA) is 65.0 Å². The fourth-order valence-corrected chi connectivity index (χ4v) is 3.61. The molecule has 5 nitrogen and oxygen atoms in total. The second-order valence-corrected chi connectivity index (χ2v) is 7.77. The second-order valence-electron chi connectivity index (χ2n) is 7.77. The van der Waals surface area contributed by atoms with E-state index in [1.54, 1.807) is 35.9 Å². The van der Waals surface area contributed by atoms with E-state index in [4.69, 9.17) is 25.7 Å². The number of carboxylic acids is 1. The monoisotopic (exact) mass is 468 g/mol. The summed E-state index contributed by atoms with van der Waals surface area (Å²) in [6, 6.07) is 7.17. The molecular weight excluding hydrogens is 428 g/mol. The van der Waals surface area contributed by atoms with Crippen LogP contribution in [0, 0.1) is 12.3 Å². The Balaban J connectivity index is 0.000000349. The fourth-order valence-electron chi connectivity index (χ4n) is 3.61. The zero-order valence-electron chi connectivity index (χ0n) is 21.1. The maximum atomic E-state index is 10.7. The Morgan fingerprint density at radius 3 is 2.38 bits per heavy atom. The van der Waals surface area contributed by atoms with Crippen LogP contribution in [0.1, 0.15) is 71.3 Å². The zero-order chi connectivity index (χ0) is 25.4. The SMILES string of the molecule is C#CC(CC(=O)O)c1ccc(OC/C(C=C)=C/C)cc1.CC.CCC1=CCC2(CC1)OCCO2. The first-order valence-electron chi connectivity index (χ1n) is 12.1. The molecule has 0 amide bonds. The Labute approximate surface area is 205 Å². The molecule has 3 rings (SSSR count). The van der Waals surface area contributed by atoms with Crippen molar-refractivity contribution in [1.29, 1.82) is 0 Å². The minimum absolute atomic E-state index is 0.0735. The van der Waals surface area contributed by atoms with Crippen molar-refractivity contribution >= 4 is 5.97 Å². The van der Waals surface area contributed by atoms with Crippen molar-refractivity contribution in [2.45, 2.75) is 71.5 Å². The normalized spacial score (nSPS) is 17.1. The summed E-state index contributed by atoms with van der Waals surface area (Å²) in [7, 11) is 0. The molecule has 186 valence electrons. The molecule has 0 radical (unpaired) electrons. The summed E-state index contributed by atoms with van der Waals surface area (Å²) < 4.78 is 16.8. The molecule has 1 unspecified atom stereocenters. The smallest absolute Gasteiger partial charge is 0.304 e. The van der Waals surface area contributed by atoms with Gasteiger partial charge in [0.2, 0.25) is 0 Å². The number of carboxylic acid groups (broad SMARTS) is 1. The van der Waals surface area contributed by atoms with Gasteiger partial charge in [0.05, 0.1) is 25.6 Å². The van der Waals surface area contributed by atoms with Crippen molar-refractivity contribution in [1.82, 2.24) is 0 Å². The molecule has 1 aliphatic carbocycles. The first-order chi connectivity index (χ1) is 16.4. The van der Waals surface area contributed by atoms with E-state index in [9.17, 15) is 4.79 Å². The van der Waals surface area contributed by atoms with E-state index in [1.807, 2.05) is 26.8 Å². The van der Waals surface area contributed by atoms with Crippen LogP contribution >= 0.6 is 0 Å². The van der Waals surface area contributed by atoms with Gasteiger partial charge in [-0.1, -0.05) is 69.2 Å². The van der Waals surface area contributed by atoms with Crippen LogP contribution in [0.2, 0.25) is 0 Å². The van der Waals surface area contributed by atoms with Crippen molar-refractivity contribution in [2.24, 2.45) is 0 Å². The van der Waals surface area contributed by atoms with E-state index in [1.165, 1.54) is 6.42 Å². The Morgan fingerprint density at radius 1 is 1.29 bits per heavy atom. The maximum Gasteiger partial charge on any atom is 0.304 e. The predicted molar refractivity (Wildman–Crippen MR) is 138 cm³/mol. The van der Waals surface area contributed by atoms with E-state index >= 15 is 0 Å². The van der Waals surface area contributed by atoms with Crippen LogP contribution in [0.15, 0.2) is 60.2 Å². The lowest BCUT2D eigenvalue weighted by Crippen LogP contribution is -2.31. The van der Waals surface area contributed by atoms with Gasteiger partial charge in [0.1, 0.15) is 12.4 Å². The molecule has 1 fully saturated rings. The molecule has 0 bridgehead atoms. The summed E-state index contributed by atoms with van der Waals surface area (Å²) in [5.74, 6) is 1.66. The third-order valence-corrected chi connectivity index (χ3v) is 5.70. The van der Waals surface area contributed by atoms with Crippen molar-refractivity contribution in [2.75, 3.05) is 19.8 Å². The lowest BCUT2D eigenvalue weighted by Gasteiger charge is -2.30. The molecule has 34 heavy (non-hydrogen) atoms. The number of hydrogen-bond acceptors (Lipinski definition) is 4. The molecule has 1 atom stereocenters. The summed E-state index contributed by atoms with van der Waals surface area (Å²) >= 11 is 0. The molecule has 0 saturated carbocycles. The van der Waals surface area contributed by atoms with Crippen LogP contribution in [0.25, 0.3) is 0 Å². The van der Waals surface area contributed by atoms with E-state index in [-0.39, 0.29) is 12.2 Å². The number of rotatable bonds is 8. The first kappa shape index (κ1) is 29.2. The highest BCUT2D eigenvalue weighted by Gasteiger charge is 2.37. The van der Waals surface area contributed by atoms with Gasteiger partial charge in [-0.05, 0) is 43.0 Å². The van der Waals surface area contributed by atoms with Crippen LogP contribution in [0.4, 0.5) is 0 Å². The third-order valence-electron chi connectivity index (χ3n) is 5.70. The molecule has 1 aliphatic heterocycles. The number of ether oxygens (including phenoxy) is 3. The average molecular weight is 469 g/mol. The lowest BCUT2D eigenvalue weighted by atomic mass is 9.93. The Kier molecular flexibility index (Phi) is 13.7. The maximum absolute atomic E-state index is 10.7.